The Morgan fingerprint density at radius 2 is 2.20 bits per heavy atom. The van der Waals surface area contributed by atoms with Crippen molar-refractivity contribution < 1.29 is 0 Å². The molecule has 1 atom stereocenters. The third-order valence-corrected chi connectivity index (χ3v) is 4.19. The molecule has 1 saturated carbocycles. The van der Waals surface area contributed by atoms with Crippen LogP contribution >= 0.6 is 0 Å². The van der Waals surface area contributed by atoms with Gasteiger partial charge in [-0.3, -0.25) is 20.6 Å². The average molecular weight is 274 g/mol. The number of hydrogen-bond donors (Lipinski definition) is 2. The number of nitrogens with zero attached hydrogens (tertiary/aromatic N) is 4. The highest BCUT2D eigenvalue weighted by Crippen LogP contribution is 2.29. The molecule has 1 aliphatic carbocycles. The molecule has 1 fully saturated rings. The lowest BCUT2D eigenvalue weighted by Gasteiger charge is -2.15. The number of rotatable bonds is 5. The van der Waals surface area contributed by atoms with Gasteiger partial charge in [-0.25, -0.2) is 0 Å². The molecule has 1 unspecified atom stereocenters. The molecule has 0 aromatic carbocycles. The lowest BCUT2D eigenvalue weighted by atomic mass is 10.1. The molecule has 3 N–H and O–H groups in total. The molecule has 0 amide bonds. The van der Waals surface area contributed by atoms with Crippen molar-refractivity contribution in [2.75, 3.05) is 0 Å². The molecule has 6 heteroatoms. The van der Waals surface area contributed by atoms with Crippen LogP contribution in [0.2, 0.25) is 0 Å². The number of hydrazine groups is 1. The molecule has 108 valence electrons. The van der Waals surface area contributed by atoms with Crippen LogP contribution in [0, 0.1) is 0 Å². The van der Waals surface area contributed by atoms with Crippen molar-refractivity contribution >= 4 is 0 Å². The zero-order valence-electron chi connectivity index (χ0n) is 11.9. The Kier molecular flexibility index (Phi) is 3.84. The van der Waals surface area contributed by atoms with Crippen molar-refractivity contribution in [1.82, 2.24) is 25.0 Å². The van der Waals surface area contributed by atoms with E-state index in [0.717, 1.165) is 17.8 Å². The Balaban J connectivity index is 1.71. The third kappa shape index (κ3) is 2.62. The summed E-state index contributed by atoms with van der Waals surface area (Å²) in [7, 11) is 1.93. The van der Waals surface area contributed by atoms with Crippen molar-refractivity contribution in [1.29, 1.82) is 0 Å². The maximum absolute atomic E-state index is 5.68. The van der Waals surface area contributed by atoms with Crippen LogP contribution in [0.5, 0.6) is 0 Å². The summed E-state index contributed by atoms with van der Waals surface area (Å²) in [6.07, 6.45) is 9.81. The predicted octanol–water partition coefficient (Wildman–Crippen LogP) is 1.48. The maximum atomic E-state index is 5.68. The van der Waals surface area contributed by atoms with Crippen molar-refractivity contribution in [2.45, 2.75) is 44.2 Å². The Morgan fingerprint density at radius 3 is 2.85 bits per heavy atom. The summed E-state index contributed by atoms with van der Waals surface area (Å²) < 4.78 is 3.97. The second-order valence-electron chi connectivity index (χ2n) is 5.53. The summed E-state index contributed by atoms with van der Waals surface area (Å²) in [4.78, 5) is 0. The molecule has 2 aromatic rings. The molecule has 2 aromatic heterocycles. The molecule has 0 saturated heterocycles. The molecule has 0 bridgehead atoms. The summed E-state index contributed by atoms with van der Waals surface area (Å²) in [6, 6.07) is 4.71. The second kappa shape index (κ2) is 5.76. The molecule has 0 radical (unpaired) electrons. The minimum Gasteiger partial charge on any atom is -0.271 e. The Labute approximate surface area is 118 Å². The molecule has 3 rings (SSSR count). The van der Waals surface area contributed by atoms with Gasteiger partial charge < -0.3 is 0 Å². The van der Waals surface area contributed by atoms with E-state index in [4.69, 9.17) is 10.9 Å². The van der Waals surface area contributed by atoms with Crippen LogP contribution in [0.4, 0.5) is 0 Å². The van der Waals surface area contributed by atoms with Gasteiger partial charge in [-0.15, -0.1) is 0 Å². The van der Waals surface area contributed by atoms with Crippen LogP contribution in [0.15, 0.2) is 24.5 Å². The van der Waals surface area contributed by atoms with Gasteiger partial charge in [0, 0.05) is 25.9 Å². The van der Waals surface area contributed by atoms with Gasteiger partial charge in [0.2, 0.25) is 0 Å². The van der Waals surface area contributed by atoms with Gasteiger partial charge in [-0.05, 0) is 25.0 Å². The fraction of sp³-hybridized carbons (Fsp3) is 0.571. The number of hydrogen-bond acceptors (Lipinski definition) is 4. The minimum atomic E-state index is 0.0365. The molecule has 6 nitrogen and oxygen atoms in total. The standard InChI is InChI=1S/C14H22N6/c1-19-14(6-8-16-19)13(17-15)10-11-7-9-20(18-11)12-4-2-3-5-12/h6-9,12-13,17H,2-5,10,15H2,1H3. The maximum Gasteiger partial charge on any atom is 0.0684 e. The summed E-state index contributed by atoms with van der Waals surface area (Å²) in [6.45, 7) is 0. The molecule has 0 spiro atoms. The molecule has 1 aliphatic rings. The minimum absolute atomic E-state index is 0.0365. The molecule has 20 heavy (non-hydrogen) atoms. The lowest BCUT2D eigenvalue weighted by Crippen LogP contribution is -2.31. The van der Waals surface area contributed by atoms with Crippen LogP contribution in [-0.2, 0) is 13.5 Å². The monoisotopic (exact) mass is 274 g/mol. The van der Waals surface area contributed by atoms with Crippen molar-refractivity contribution in [3.63, 3.8) is 0 Å². The normalized spacial score (nSPS) is 17.7. The van der Waals surface area contributed by atoms with Gasteiger partial charge in [0.25, 0.3) is 0 Å². The SMILES string of the molecule is Cn1nccc1C(Cc1ccn(C2CCCC2)n1)NN. The van der Waals surface area contributed by atoms with E-state index >= 15 is 0 Å². The van der Waals surface area contributed by atoms with Crippen LogP contribution in [-0.4, -0.2) is 19.6 Å². The number of nitrogens with two attached hydrogens (primary N) is 1. The first kappa shape index (κ1) is 13.3. The predicted molar refractivity (Wildman–Crippen MR) is 76.7 cm³/mol. The molecule has 0 aliphatic heterocycles. The van der Waals surface area contributed by atoms with E-state index in [1.165, 1.54) is 25.7 Å². The largest absolute Gasteiger partial charge is 0.271 e. The fourth-order valence-electron chi connectivity index (χ4n) is 3.04. The van der Waals surface area contributed by atoms with Crippen molar-refractivity contribution in [2.24, 2.45) is 12.9 Å². The van der Waals surface area contributed by atoms with Crippen molar-refractivity contribution in [3.8, 4) is 0 Å². The van der Waals surface area contributed by atoms with Crippen LogP contribution in [0.3, 0.4) is 0 Å². The van der Waals surface area contributed by atoms with E-state index in [1.54, 1.807) is 6.20 Å². The van der Waals surface area contributed by atoms with Gasteiger partial charge in [0.1, 0.15) is 0 Å². The van der Waals surface area contributed by atoms with Gasteiger partial charge in [0.05, 0.1) is 23.5 Å². The summed E-state index contributed by atoms with van der Waals surface area (Å²) in [5.41, 5.74) is 5.01. The van der Waals surface area contributed by atoms with E-state index in [1.807, 2.05) is 17.8 Å². The summed E-state index contributed by atoms with van der Waals surface area (Å²) >= 11 is 0. The second-order valence-corrected chi connectivity index (χ2v) is 5.53. The van der Waals surface area contributed by atoms with E-state index in [9.17, 15) is 0 Å². The average Bonchev–Trinajstić information content (AvgIpc) is 3.17. The van der Waals surface area contributed by atoms with Gasteiger partial charge >= 0.3 is 0 Å². The number of aromatic nitrogens is 4. The first-order chi connectivity index (χ1) is 9.78. The molecular formula is C14H22N6. The topological polar surface area (TPSA) is 73.7 Å². The molecule has 2 heterocycles. The number of aryl methyl sites for hydroxylation is 1. The zero-order valence-corrected chi connectivity index (χ0v) is 11.9. The Morgan fingerprint density at radius 1 is 1.40 bits per heavy atom. The Bertz CT molecular complexity index is 552. The quantitative estimate of drug-likeness (QED) is 0.640. The van der Waals surface area contributed by atoms with E-state index in [0.29, 0.717) is 6.04 Å². The van der Waals surface area contributed by atoms with Gasteiger partial charge in [0.15, 0.2) is 0 Å². The lowest BCUT2D eigenvalue weighted by molar-refractivity contribution is 0.453. The Hall–Kier alpha value is -1.66. The fourth-order valence-corrected chi connectivity index (χ4v) is 3.04. The van der Waals surface area contributed by atoms with Crippen LogP contribution in [0.1, 0.15) is 49.2 Å². The van der Waals surface area contributed by atoms with E-state index < -0.39 is 0 Å². The molecular weight excluding hydrogens is 252 g/mol. The van der Waals surface area contributed by atoms with Crippen LogP contribution < -0.4 is 11.3 Å². The van der Waals surface area contributed by atoms with Crippen molar-refractivity contribution in [3.05, 3.63) is 35.9 Å². The summed E-state index contributed by atoms with van der Waals surface area (Å²) in [5.74, 6) is 5.68. The first-order valence-electron chi connectivity index (χ1n) is 7.26. The summed E-state index contributed by atoms with van der Waals surface area (Å²) in [5, 5.41) is 8.90. The highest BCUT2D eigenvalue weighted by atomic mass is 15.3. The number of nitrogens with one attached hydrogen (secondary N) is 1. The zero-order chi connectivity index (χ0) is 13.9. The highest BCUT2D eigenvalue weighted by Gasteiger charge is 2.19. The van der Waals surface area contributed by atoms with Gasteiger partial charge in [-0.1, -0.05) is 12.8 Å². The first-order valence-corrected chi connectivity index (χ1v) is 7.26. The van der Waals surface area contributed by atoms with E-state index in [2.05, 4.69) is 27.5 Å². The van der Waals surface area contributed by atoms with Gasteiger partial charge in [-0.2, -0.15) is 10.2 Å². The third-order valence-electron chi connectivity index (χ3n) is 4.19. The smallest absolute Gasteiger partial charge is 0.0684 e. The van der Waals surface area contributed by atoms with E-state index in [-0.39, 0.29) is 6.04 Å². The van der Waals surface area contributed by atoms with Crippen LogP contribution in [0.25, 0.3) is 0 Å². The highest BCUT2D eigenvalue weighted by molar-refractivity contribution is 5.12.